The minimum absolute atomic E-state index is 0.00491. The second kappa shape index (κ2) is 7.67. The minimum Gasteiger partial charge on any atom is -0.353 e. The number of carbonyl (C=O) groups is 1. The maximum Gasteiger partial charge on any atom is 0.236 e. The SMILES string of the molecule is CCCCC(N)C(=O)NCCN(CC)C1CC1. The lowest BCUT2D eigenvalue weighted by atomic mass is 10.1. The first-order valence-electron chi connectivity index (χ1n) is 6.96. The van der Waals surface area contributed by atoms with Crippen molar-refractivity contribution in [2.75, 3.05) is 19.6 Å². The van der Waals surface area contributed by atoms with E-state index in [-0.39, 0.29) is 11.9 Å². The van der Waals surface area contributed by atoms with Gasteiger partial charge in [0.1, 0.15) is 0 Å². The van der Waals surface area contributed by atoms with Gasteiger partial charge in [0.25, 0.3) is 0 Å². The lowest BCUT2D eigenvalue weighted by molar-refractivity contribution is -0.122. The summed E-state index contributed by atoms with van der Waals surface area (Å²) in [5.41, 5.74) is 5.80. The van der Waals surface area contributed by atoms with E-state index in [9.17, 15) is 4.79 Å². The summed E-state index contributed by atoms with van der Waals surface area (Å²) in [5, 5.41) is 2.93. The Labute approximate surface area is 105 Å². The molecule has 1 amide bonds. The molecule has 1 fully saturated rings. The molecule has 0 heterocycles. The maximum absolute atomic E-state index is 11.6. The summed E-state index contributed by atoms with van der Waals surface area (Å²) in [7, 11) is 0. The summed E-state index contributed by atoms with van der Waals surface area (Å²) in [6.45, 7) is 7.03. The first-order valence-corrected chi connectivity index (χ1v) is 6.96. The third-order valence-corrected chi connectivity index (χ3v) is 3.37. The molecule has 0 bridgehead atoms. The average molecular weight is 241 g/mol. The lowest BCUT2D eigenvalue weighted by Crippen LogP contribution is -2.43. The van der Waals surface area contributed by atoms with Crippen molar-refractivity contribution < 1.29 is 4.79 Å². The molecule has 0 aromatic rings. The molecule has 0 aromatic heterocycles. The van der Waals surface area contributed by atoms with Crippen LogP contribution in [0.5, 0.6) is 0 Å². The van der Waals surface area contributed by atoms with E-state index in [0.717, 1.165) is 44.9 Å². The van der Waals surface area contributed by atoms with Gasteiger partial charge in [0.05, 0.1) is 6.04 Å². The predicted molar refractivity (Wildman–Crippen MR) is 70.8 cm³/mol. The number of unbranched alkanes of at least 4 members (excludes halogenated alkanes) is 1. The molecular formula is C13H27N3O. The van der Waals surface area contributed by atoms with Gasteiger partial charge in [0, 0.05) is 19.1 Å². The highest BCUT2D eigenvalue weighted by atomic mass is 16.2. The van der Waals surface area contributed by atoms with Crippen LogP contribution in [0.2, 0.25) is 0 Å². The van der Waals surface area contributed by atoms with Crippen molar-refractivity contribution in [2.24, 2.45) is 5.73 Å². The molecule has 1 aliphatic carbocycles. The molecule has 4 nitrogen and oxygen atoms in total. The van der Waals surface area contributed by atoms with Gasteiger partial charge in [-0.2, -0.15) is 0 Å². The third kappa shape index (κ3) is 5.50. The zero-order chi connectivity index (χ0) is 12.7. The van der Waals surface area contributed by atoms with Gasteiger partial charge in [0.2, 0.25) is 5.91 Å². The fourth-order valence-electron chi connectivity index (χ4n) is 2.05. The quantitative estimate of drug-likeness (QED) is 0.635. The molecule has 1 saturated carbocycles. The Morgan fingerprint density at radius 3 is 2.71 bits per heavy atom. The first-order chi connectivity index (χ1) is 8.19. The van der Waals surface area contributed by atoms with E-state index >= 15 is 0 Å². The third-order valence-electron chi connectivity index (χ3n) is 3.37. The lowest BCUT2D eigenvalue weighted by Gasteiger charge is -2.20. The molecule has 1 aliphatic rings. The summed E-state index contributed by atoms with van der Waals surface area (Å²) in [6, 6.07) is 0.441. The van der Waals surface area contributed by atoms with E-state index in [1.807, 2.05) is 0 Å². The van der Waals surface area contributed by atoms with Gasteiger partial charge < -0.3 is 11.1 Å². The Balaban J connectivity index is 2.09. The number of rotatable bonds is 9. The molecule has 0 aliphatic heterocycles. The van der Waals surface area contributed by atoms with Crippen molar-refractivity contribution in [3.05, 3.63) is 0 Å². The maximum atomic E-state index is 11.6. The molecule has 100 valence electrons. The molecule has 17 heavy (non-hydrogen) atoms. The van der Waals surface area contributed by atoms with Crippen LogP contribution < -0.4 is 11.1 Å². The van der Waals surface area contributed by atoms with Gasteiger partial charge in [-0.3, -0.25) is 9.69 Å². The Bertz CT molecular complexity index is 229. The number of likely N-dealkylation sites (N-methyl/N-ethyl adjacent to an activating group) is 1. The summed E-state index contributed by atoms with van der Waals surface area (Å²) in [4.78, 5) is 14.1. The van der Waals surface area contributed by atoms with Gasteiger partial charge in [-0.15, -0.1) is 0 Å². The zero-order valence-corrected chi connectivity index (χ0v) is 11.2. The number of hydrogen-bond donors (Lipinski definition) is 2. The van der Waals surface area contributed by atoms with E-state index in [1.54, 1.807) is 0 Å². The molecule has 4 heteroatoms. The smallest absolute Gasteiger partial charge is 0.236 e. The topological polar surface area (TPSA) is 58.4 Å². The largest absolute Gasteiger partial charge is 0.353 e. The Hall–Kier alpha value is -0.610. The second-order valence-corrected chi connectivity index (χ2v) is 4.90. The number of nitrogens with zero attached hydrogens (tertiary/aromatic N) is 1. The van der Waals surface area contributed by atoms with Crippen molar-refractivity contribution >= 4 is 5.91 Å². The van der Waals surface area contributed by atoms with E-state index < -0.39 is 0 Å². The normalized spacial score (nSPS) is 17.2. The second-order valence-electron chi connectivity index (χ2n) is 4.90. The zero-order valence-electron chi connectivity index (χ0n) is 11.2. The molecule has 1 unspecified atom stereocenters. The molecule has 3 N–H and O–H groups in total. The van der Waals surface area contributed by atoms with Crippen LogP contribution in [0.3, 0.4) is 0 Å². The number of amides is 1. The molecule has 0 saturated heterocycles. The molecule has 1 rings (SSSR count). The van der Waals surface area contributed by atoms with Crippen LogP contribution in [-0.2, 0) is 4.79 Å². The monoisotopic (exact) mass is 241 g/mol. The van der Waals surface area contributed by atoms with Gasteiger partial charge in [-0.1, -0.05) is 26.7 Å². The number of nitrogens with two attached hydrogens (primary N) is 1. The fraction of sp³-hybridized carbons (Fsp3) is 0.923. The number of nitrogens with one attached hydrogen (secondary N) is 1. The highest BCUT2D eigenvalue weighted by molar-refractivity contribution is 5.81. The van der Waals surface area contributed by atoms with Gasteiger partial charge in [0.15, 0.2) is 0 Å². The van der Waals surface area contributed by atoms with Crippen LogP contribution in [0.15, 0.2) is 0 Å². The van der Waals surface area contributed by atoms with E-state index in [2.05, 4.69) is 24.1 Å². The van der Waals surface area contributed by atoms with E-state index in [4.69, 9.17) is 5.73 Å². The summed E-state index contributed by atoms with van der Waals surface area (Å²) >= 11 is 0. The number of carbonyl (C=O) groups excluding carboxylic acids is 1. The van der Waals surface area contributed by atoms with Crippen molar-refractivity contribution in [3.63, 3.8) is 0 Å². The highest BCUT2D eigenvalue weighted by Crippen LogP contribution is 2.25. The van der Waals surface area contributed by atoms with Crippen molar-refractivity contribution in [3.8, 4) is 0 Å². The average Bonchev–Trinajstić information content (AvgIpc) is 3.15. The van der Waals surface area contributed by atoms with Gasteiger partial charge >= 0.3 is 0 Å². The fourth-order valence-corrected chi connectivity index (χ4v) is 2.05. The Morgan fingerprint density at radius 2 is 2.18 bits per heavy atom. The van der Waals surface area contributed by atoms with Crippen LogP contribution in [0, 0.1) is 0 Å². The Morgan fingerprint density at radius 1 is 1.47 bits per heavy atom. The molecular weight excluding hydrogens is 214 g/mol. The highest BCUT2D eigenvalue weighted by Gasteiger charge is 2.27. The Kier molecular flexibility index (Phi) is 6.52. The van der Waals surface area contributed by atoms with Crippen molar-refractivity contribution in [1.82, 2.24) is 10.2 Å². The van der Waals surface area contributed by atoms with Gasteiger partial charge in [-0.25, -0.2) is 0 Å². The minimum atomic E-state index is -0.328. The summed E-state index contributed by atoms with van der Waals surface area (Å²) in [5.74, 6) is 0.00491. The van der Waals surface area contributed by atoms with Crippen molar-refractivity contribution in [2.45, 2.75) is 58.0 Å². The summed E-state index contributed by atoms with van der Waals surface area (Å²) < 4.78 is 0. The van der Waals surface area contributed by atoms with Crippen molar-refractivity contribution in [1.29, 1.82) is 0 Å². The summed E-state index contributed by atoms with van der Waals surface area (Å²) in [6.07, 6.45) is 5.54. The predicted octanol–water partition coefficient (Wildman–Crippen LogP) is 1.10. The molecule has 0 spiro atoms. The van der Waals surface area contributed by atoms with Crippen LogP contribution in [0.25, 0.3) is 0 Å². The van der Waals surface area contributed by atoms with Crippen LogP contribution in [0.1, 0.15) is 46.0 Å². The van der Waals surface area contributed by atoms with Crippen LogP contribution >= 0.6 is 0 Å². The number of hydrogen-bond acceptors (Lipinski definition) is 3. The van der Waals surface area contributed by atoms with Crippen LogP contribution in [-0.4, -0.2) is 42.5 Å². The first kappa shape index (κ1) is 14.5. The molecule has 0 radical (unpaired) electrons. The van der Waals surface area contributed by atoms with E-state index in [0.29, 0.717) is 0 Å². The molecule has 1 atom stereocenters. The van der Waals surface area contributed by atoms with E-state index in [1.165, 1.54) is 12.8 Å². The van der Waals surface area contributed by atoms with Gasteiger partial charge in [-0.05, 0) is 25.8 Å². The standard InChI is InChI=1S/C13H27N3O/c1-3-5-6-12(14)13(17)15-9-10-16(4-2)11-7-8-11/h11-12H,3-10,14H2,1-2H3,(H,15,17). The molecule has 0 aromatic carbocycles. The van der Waals surface area contributed by atoms with Crippen LogP contribution in [0.4, 0.5) is 0 Å².